The Labute approximate surface area is 208 Å². The summed E-state index contributed by atoms with van der Waals surface area (Å²) in [5.74, 6) is 0.0249. The molecule has 192 valence electrons. The quantitative estimate of drug-likeness (QED) is 0.405. The topological polar surface area (TPSA) is 75.7 Å². The number of hydrogen-bond donors (Lipinski definition) is 1. The van der Waals surface area contributed by atoms with Crippen LogP contribution in [-0.2, 0) is 21.0 Å². The van der Waals surface area contributed by atoms with Crippen LogP contribution < -0.4 is 14.4 Å². The van der Waals surface area contributed by atoms with Gasteiger partial charge in [0.1, 0.15) is 12.3 Å². The molecule has 1 amide bonds. The number of carbonyl (C=O) groups is 1. The van der Waals surface area contributed by atoms with E-state index < -0.39 is 40.3 Å². The maximum Gasteiger partial charge on any atom is 0.416 e. The lowest BCUT2D eigenvalue weighted by molar-refractivity contribution is -0.137. The van der Waals surface area contributed by atoms with E-state index in [0.717, 1.165) is 29.3 Å². The average Bonchev–Trinajstić information content (AvgIpc) is 2.85. The monoisotopic (exact) mass is 520 g/mol. The Kier molecular flexibility index (Phi) is 8.29. The van der Waals surface area contributed by atoms with Gasteiger partial charge in [0.15, 0.2) is 0 Å². The molecule has 6 nitrogen and oxygen atoms in total. The van der Waals surface area contributed by atoms with E-state index in [1.165, 1.54) is 30.3 Å². The van der Waals surface area contributed by atoms with Gasteiger partial charge >= 0.3 is 6.18 Å². The normalized spacial score (nSPS) is 12.6. The number of ether oxygens (including phenoxy) is 1. The number of carbonyl (C=O) groups excluding carboxylic acids is 1. The van der Waals surface area contributed by atoms with Gasteiger partial charge in [-0.05, 0) is 60.9 Å². The summed E-state index contributed by atoms with van der Waals surface area (Å²) in [5, 5.41) is 2.81. The summed E-state index contributed by atoms with van der Waals surface area (Å²) in [7, 11) is -2.79. The lowest BCUT2D eigenvalue weighted by Crippen LogP contribution is -2.42. The van der Waals surface area contributed by atoms with Gasteiger partial charge in [0.25, 0.3) is 10.0 Å². The Balaban J connectivity index is 1.95. The second-order valence-corrected chi connectivity index (χ2v) is 9.99. The van der Waals surface area contributed by atoms with E-state index in [-0.39, 0.29) is 10.6 Å². The summed E-state index contributed by atoms with van der Waals surface area (Å²) in [5.41, 5.74) is 0.367. The zero-order chi connectivity index (χ0) is 26.5. The van der Waals surface area contributed by atoms with E-state index in [2.05, 4.69) is 5.32 Å². The molecule has 0 fully saturated rings. The molecule has 0 saturated heterocycles. The van der Waals surface area contributed by atoms with Crippen LogP contribution in [0.25, 0.3) is 0 Å². The molecular formula is C26H27F3N2O4S. The fourth-order valence-electron chi connectivity index (χ4n) is 3.78. The van der Waals surface area contributed by atoms with Gasteiger partial charge in [-0.3, -0.25) is 9.10 Å². The van der Waals surface area contributed by atoms with E-state index in [0.29, 0.717) is 16.5 Å². The number of rotatable bonds is 9. The minimum absolute atomic E-state index is 0.145. The van der Waals surface area contributed by atoms with Gasteiger partial charge in [0.2, 0.25) is 5.91 Å². The molecular weight excluding hydrogens is 493 g/mol. The van der Waals surface area contributed by atoms with Crippen LogP contribution in [0.1, 0.15) is 36.1 Å². The number of halogens is 3. The number of amides is 1. The SMILES string of the molecule is CCC(NC(=O)CN(c1cccc(C(F)(F)F)c1)S(=O)(=O)c1ccccc1)c1ccc(OC)c(C)c1. The summed E-state index contributed by atoms with van der Waals surface area (Å²) >= 11 is 0. The van der Waals surface area contributed by atoms with Crippen LogP contribution in [-0.4, -0.2) is 28.0 Å². The molecule has 0 aliphatic rings. The maximum absolute atomic E-state index is 13.4. The Morgan fingerprint density at radius 3 is 2.31 bits per heavy atom. The zero-order valence-electron chi connectivity index (χ0n) is 20.0. The predicted octanol–water partition coefficient (Wildman–Crippen LogP) is 5.49. The van der Waals surface area contributed by atoms with Crippen LogP contribution in [0, 0.1) is 6.92 Å². The third kappa shape index (κ3) is 6.17. The molecule has 0 aliphatic heterocycles. The molecule has 0 bridgehead atoms. The first-order chi connectivity index (χ1) is 17.0. The molecule has 0 spiro atoms. The molecule has 1 atom stereocenters. The number of benzene rings is 3. The summed E-state index contributed by atoms with van der Waals surface area (Å²) in [6, 6.07) is 16.1. The summed E-state index contributed by atoms with van der Waals surface area (Å²) in [6.07, 6.45) is -4.17. The van der Waals surface area contributed by atoms with Crippen molar-refractivity contribution in [3.8, 4) is 5.75 Å². The predicted molar refractivity (Wildman–Crippen MR) is 131 cm³/mol. The van der Waals surface area contributed by atoms with E-state index in [4.69, 9.17) is 4.74 Å². The van der Waals surface area contributed by atoms with Crippen LogP contribution in [0.3, 0.4) is 0 Å². The van der Waals surface area contributed by atoms with Crippen molar-refractivity contribution in [2.75, 3.05) is 18.0 Å². The van der Waals surface area contributed by atoms with Crippen molar-refractivity contribution < 1.29 is 31.1 Å². The zero-order valence-corrected chi connectivity index (χ0v) is 20.9. The Morgan fingerprint density at radius 1 is 1.03 bits per heavy atom. The Morgan fingerprint density at radius 2 is 1.72 bits per heavy atom. The van der Waals surface area contributed by atoms with Gasteiger partial charge in [0, 0.05) is 0 Å². The van der Waals surface area contributed by atoms with Gasteiger partial charge in [-0.25, -0.2) is 8.42 Å². The smallest absolute Gasteiger partial charge is 0.416 e. The van der Waals surface area contributed by atoms with Crippen LogP contribution in [0.15, 0.2) is 77.7 Å². The highest BCUT2D eigenvalue weighted by molar-refractivity contribution is 7.92. The molecule has 0 heterocycles. The van der Waals surface area contributed by atoms with Crippen molar-refractivity contribution in [2.24, 2.45) is 0 Å². The number of alkyl halides is 3. The van der Waals surface area contributed by atoms with E-state index in [1.54, 1.807) is 25.3 Å². The van der Waals surface area contributed by atoms with Crippen LogP contribution >= 0.6 is 0 Å². The number of hydrogen-bond acceptors (Lipinski definition) is 4. The molecule has 0 radical (unpaired) electrons. The van der Waals surface area contributed by atoms with Crippen LogP contribution in [0.4, 0.5) is 18.9 Å². The van der Waals surface area contributed by atoms with E-state index >= 15 is 0 Å². The summed E-state index contributed by atoms with van der Waals surface area (Å²) < 4.78 is 72.9. The minimum Gasteiger partial charge on any atom is -0.496 e. The summed E-state index contributed by atoms with van der Waals surface area (Å²) in [4.78, 5) is 12.9. The largest absolute Gasteiger partial charge is 0.496 e. The van der Waals surface area contributed by atoms with E-state index in [1.807, 2.05) is 19.9 Å². The van der Waals surface area contributed by atoms with Gasteiger partial charge in [-0.2, -0.15) is 13.2 Å². The van der Waals surface area contributed by atoms with E-state index in [9.17, 15) is 26.4 Å². The highest BCUT2D eigenvalue weighted by atomic mass is 32.2. The highest BCUT2D eigenvalue weighted by Crippen LogP contribution is 2.33. The van der Waals surface area contributed by atoms with Crippen LogP contribution in [0.5, 0.6) is 5.75 Å². The number of methoxy groups -OCH3 is 1. The molecule has 3 rings (SSSR count). The van der Waals surface area contributed by atoms with Crippen molar-refractivity contribution >= 4 is 21.6 Å². The maximum atomic E-state index is 13.4. The van der Waals surface area contributed by atoms with Crippen molar-refractivity contribution in [3.63, 3.8) is 0 Å². The molecule has 3 aromatic rings. The number of aryl methyl sites for hydroxylation is 1. The fraction of sp³-hybridized carbons (Fsp3) is 0.269. The third-order valence-corrected chi connectivity index (χ3v) is 7.43. The van der Waals surface area contributed by atoms with Gasteiger partial charge in [0.05, 0.1) is 29.3 Å². The number of nitrogens with zero attached hydrogens (tertiary/aromatic N) is 1. The fourth-order valence-corrected chi connectivity index (χ4v) is 5.22. The minimum atomic E-state index is -4.68. The third-order valence-electron chi connectivity index (χ3n) is 5.64. The molecule has 36 heavy (non-hydrogen) atoms. The Bertz CT molecular complexity index is 1310. The first kappa shape index (κ1) is 27.1. The standard InChI is InChI=1S/C26H27F3N2O4S/c1-4-23(19-13-14-24(35-3)18(2)15-19)30-25(32)17-31(36(33,34)22-11-6-5-7-12-22)21-10-8-9-20(16-21)26(27,28)29/h5-16,23H,4,17H2,1-3H3,(H,30,32). The lowest BCUT2D eigenvalue weighted by atomic mass is 10.0. The number of anilines is 1. The highest BCUT2D eigenvalue weighted by Gasteiger charge is 2.33. The second kappa shape index (κ2) is 11.0. The number of nitrogens with one attached hydrogen (secondary N) is 1. The average molecular weight is 521 g/mol. The molecule has 0 saturated carbocycles. The number of sulfonamides is 1. The first-order valence-corrected chi connectivity index (χ1v) is 12.6. The summed E-state index contributed by atoms with van der Waals surface area (Å²) in [6.45, 7) is 3.01. The molecule has 1 unspecified atom stereocenters. The first-order valence-electron chi connectivity index (χ1n) is 11.2. The molecule has 3 aromatic carbocycles. The van der Waals surface area contributed by atoms with Crippen molar-refractivity contribution in [2.45, 2.75) is 37.4 Å². The molecule has 0 aromatic heterocycles. The van der Waals surface area contributed by atoms with Crippen molar-refractivity contribution in [3.05, 3.63) is 89.5 Å². The van der Waals surface area contributed by atoms with Crippen LogP contribution in [0.2, 0.25) is 0 Å². The van der Waals surface area contributed by atoms with Gasteiger partial charge in [-0.1, -0.05) is 43.3 Å². The lowest BCUT2D eigenvalue weighted by Gasteiger charge is -2.26. The molecule has 0 aliphatic carbocycles. The second-order valence-electron chi connectivity index (χ2n) is 8.13. The van der Waals surface area contributed by atoms with Crippen molar-refractivity contribution in [1.29, 1.82) is 0 Å². The van der Waals surface area contributed by atoms with Crippen molar-refractivity contribution in [1.82, 2.24) is 5.32 Å². The molecule has 1 N–H and O–H groups in total. The molecule has 10 heteroatoms. The Hall–Kier alpha value is -3.53. The van der Waals surface area contributed by atoms with Gasteiger partial charge in [-0.15, -0.1) is 0 Å². The van der Waals surface area contributed by atoms with Gasteiger partial charge < -0.3 is 10.1 Å².